The maximum absolute atomic E-state index is 12.0. The first-order valence-corrected chi connectivity index (χ1v) is 9.64. The van der Waals surface area contributed by atoms with Crippen molar-refractivity contribution in [2.45, 2.75) is 13.2 Å². The molecule has 0 bridgehead atoms. The molecule has 11 heteroatoms. The first-order chi connectivity index (χ1) is 15.4. The zero-order valence-electron chi connectivity index (χ0n) is 16.8. The summed E-state index contributed by atoms with van der Waals surface area (Å²) in [6, 6.07) is 8.10. The van der Waals surface area contributed by atoms with E-state index >= 15 is 0 Å². The van der Waals surface area contributed by atoms with E-state index in [0.717, 1.165) is 4.90 Å². The summed E-state index contributed by atoms with van der Waals surface area (Å²) in [5.74, 6) is -1.02. The molecule has 4 rings (SSSR count). The monoisotopic (exact) mass is 437 g/mol. The van der Waals surface area contributed by atoms with Crippen LogP contribution in [-0.4, -0.2) is 45.5 Å². The molecule has 0 aliphatic carbocycles. The number of esters is 1. The number of aromatic amines is 1. The number of aromatic nitrogens is 3. The van der Waals surface area contributed by atoms with Crippen LogP contribution in [-0.2, 0) is 37.0 Å². The van der Waals surface area contributed by atoms with Gasteiger partial charge in [0.15, 0.2) is 5.52 Å². The highest BCUT2D eigenvalue weighted by Gasteiger charge is 2.24. The zero-order chi connectivity index (χ0) is 22.7. The van der Waals surface area contributed by atoms with Gasteiger partial charge in [-0.25, -0.2) is 9.88 Å². The van der Waals surface area contributed by atoms with Gasteiger partial charge in [0, 0.05) is 18.2 Å². The molecule has 1 aliphatic rings. The molecule has 32 heavy (non-hydrogen) atoms. The molecule has 164 valence electrons. The van der Waals surface area contributed by atoms with Gasteiger partial charge >= 0.3 is 5.97 Å². The highest BCUT2D eigenvalue weighted by atomic mass is 16.6. The van der Waals surface area contributed by atoms with Crippen molar-refractivity contribution < 1.29 is 23.9 Å². The van der Waals surface area contributed by atoms with Crippen molar-refractivity contribution in [3.8, 4) is 0 Å². The summed E-state index contributed by atoms with van der Waals surface area (Å²) < 4.78 is 12.3. The quantitative estimate of drug-likeness (QED) is 0.294. The Kier molecular flexibility index (Phi) is 5.81. The molecule has 0 spiro atoms. The first-order valence-electron chi connectivity index (χ1n) is 9.64. The number of H-pyrrole nitrogens is 1. The predicted molar refractivity (Wildman–Crippen MR) is 113 cm³/mol. The summed E-state index contributed by atoms with van der Waals surface area (Å²) in [6.45, 7) is 0.311. The molecule has 11 nitrogen and oxygen atoms in total. The molecule has 3 N–H and O–H groups in total. The van der Waals surface area contributed by atoms with Crippen LogP contribution in [0.2, 0.25) is 0 Å². The van der Waals surface area contributed by atoms with Gasteiger partial charge in [0.25, 0.3) is 17.4 Å². The minimum atomic E-state index is -0.441. The van der Waals surface area contributed by atoms with E-state index in [4.69, 9.17) is 15.2 Å². The van der Waals surface area contributed by atoms with Gasteiger partial charge in [-0.05, 0) is 17.7 Å². The van der Waals surface area contributed by atoms with E-state index in [9.17, 15) is 19.2 Å². The standard InChI is InChI=1S/C21H19N5O6/c22-16-10-15-20(21(30)24-16)23-11-25(15)12-31-7-8-32-19(29)9-13-1-3-14(4-2-13)26-17(27)5-6-18(26)28/h1-6,10-11H,7-9,12H2,(H3,22,24,30). The van der Waals surface area contributed by atoms with E-state index < -0.39 is 17.8 Å². The van der Waals surface area contributed by atoms with Crippen LogP contribution in [0.25, 0.3) is 11.0 Å². The first kappa shape index (κ1) is 21.0. The second-order valence-electron chi connectivity index (χ2n) is 6.95. The predicted octanol–water partition coefficient (Wildman–Crippen LogP) is 0.496. The number of amides is 2. The van der Waals surface area contributed by atoms with Crippen molar-refractivity contribution in [1.29, 1.82) is 0 Å². The van der Waals surface area contributed by atoms with Gasteiger partial charge < -0.3 is 24.8 Å². The number of hydrogen-bond donors (Lipinski definition) is 2. The average Bonchev–Trinajstić information content (AvgIpc) is 3.31. The van der Waals surface area contributed by atoms with Crippen LogP contribution < -0.4 is 16.2 Å². The second-order valence-corrected chi connectivity index (χ2v) is 6.95. The Morgan fingerprint density at radius 3 is 2.50 bits per heavy atom. The fourth-order valence-corrected chi connectivity index (χ4v) is 3.21. The number of imidazole rings is 1. The highest BCUT2D eigenvalue weighted by Crippen LogP contribution is 2.19. The summed E-state index contributed by atoms with van der Waals surface area (Å²) in [7, 11) is 0. The lowest BCUT2D eigenvalue weighted by atomic mass is 10.1. The Balaban J connectivity index is 1.22. The largest absolute Gasteiger partial charge is 0.463 e. The molecule has 1 aliphatic heterocycles. The zero-order valence-corrected chi connectivity index (χ0v) is 16.8. The molecule has 0 saturated heterocycles. The number of fused-ring (bicyclic) bond motifs is 1. The molecule has 0 unspecified atom stereocenters. The molecule has 2 amide bonds. The van der Waals surface area contributed by atoms with Crippen LogP contribution in [0.4, 0.5) is 11.5 Å². The van der Waals surface area contributed by atoms with Crippen molar-refractivity contribution in [3.63, 3.8) is 0 Å². The maximum Gasteiger partial charge on any atom is 0.310 e. The van der Waals surface area contributed by atoms with E-state index in [1.54, 1.807) is 34.9 Å². The third-order valence-electron chi connectivity index (χ3n) is 4.72. The molecule has 3 aromatic rings. The average molecular weight is 437 g/mol. The van der Waals surface area contributed by atoms with E-state index in [1.165, 1.54) is 18.5 Å². The number of nitrogens with zero attached hydrogens (tertiary/aromatic N) is 3. The number of imide groups is 1. The lowest BCUT2D eigenvalue weighted by Gasteiger charge is -2.14. The molecule has 2 aromatic heterocycles. The van der Waals surface area contributed by atoms with Gasteiger partial charge in [-0.1, -0.05) is 12.1 Å². The third kappa shape index (κ3) is 4.42. The van der Waals surface area contributed by atoms with Gasteiger partial charge in [0.2, 0.25) is 0 Å². The highest BCUT2D eigenvalue weighted by molar-refractivity contribution is 6.28. The maximum atomic E-state index is 12.0. The summed E-state index contributed by atoms with van der Waals surface area (Å²) in [4.78, 5) is 54.7. The van der Waals surface area contributed by atoms with Gasteiger partial charge in [-0.15, -0.1) is 0 Å². The summed E-state index contributed by atoms with van der Waals surface area (Å²) >= 11 is 0. The fourth-order valence-electron chi connectivity index (χ4n) is 3.21. The minimum Gasteiger partial charge on any atom is -0.463 e. The number of benzene rings is 1. The second kappa shape index (κ2) is 8.86. The SMILES string of the molecule is Nc1cc2c(ncn2COCCOC(=O)Cc2ccc(N3C(=O)C=CC3=O)cc2)c(=O)[nH]1. The van der Waals surface area contributed by atoms with Gasteiger partial charge in [-0.2, -0.15) is 0 Å². The van der Waals surface area contributed by atoms with E-state index in [-0.39, 0.29) is 43.3 Å². The topological polar surface area (TPSA) is 150 Å². The molecule has 0 saturated carbocycles. The summed E-state index contributed by atoms with van der Waals surface area (Å²) in [6.07, 6.45) is 3.92. The van der Waals surface area contributed by atoms with Gasteiger partial charge in [0.05, 0.1) is 30.6 Å². The number of ether oxygens (including phenoxy) is 2. The smallest absolute Gasteiger partial charge is 0.310 e. The normalized spacial score (nSPS) is 13.3. The molecule has 0 atom stereocenters. The van der Waals surface area contributed by atoms with E-state index in [1.807, 2.05) is 0 Å². The van der Waals surface area contributed by atoms with Crippen LogP contribution in [0.15, 0.2) is 53.6 Å². The number of nitrogen functional groups attached to an aromatic ring is 1. The Hall–Kier alpha value is -4.25. The van der Waals surface area contributed by atoms with Crippen LogP contribution in [0.5, 0.6) is 0 Å². The van der Waals surface area contributed by atoms with Crippen LogP contribution in [0, 0.1) is 0 Å². The Morgan fingerprint density at radius 2 is 1.78 bits per heavy atom. The Morgan fingerprint density at radius 1 is 1.06 bits per heavy atom. The number of pyridine rings is 1. The van der Waals surface area contributed by atoms with Crippen LogP contribution in [0.1, 0.15) is 5.56 Å². The van der Waals surface area contributed by atoms with Crippen molar-refractivity contribution >= 4 is 40.3 Å². The summed E-state index contributed by atoms with van der Waals surface area (Å²) in [5, 5.41) is 0. The molecular weight excluding hydrogens is 418 g/mol. The summed E-state index contributed by atoms with van der Waals surface area (Å²) in [5.41, 5.74) is 7.19. The Labute approximate surface area is 181 Å². The number of nitrogens with one attached hydrogen (secondary N) is 1. The number of nitrogens with two attached hydrogens (primary N) is 1. The number of carbonyl (C=O) groups is 3. The van der Waals surface area contributed by atoms with Crippen molar-refractivity contribution in [2.75, 3.05) is 23.8 Å². The Bertz CT molecular complexity index is 1260. The van der Waals surface area contributed by atoms with Crippen LogP contribution >= 0.6 is 0 Å². The molecule has 3 heterocycles. The minimum absolute atomic E-state index is 0.0363. The van der Waals surface area contributed by atoms with Crippen molar-refractivity contribution in [3.05, 3.63) is 64.7 Å². The molecule has 1 aromatic carbocycles. The van der Waals surface area contributed by atoms with E-state index in [2.05, 4.69) is 9.97 Å². The lowest BCUT2D eigenvalue weighted by molar-refractivity contribution is -0.144. The third-order valence-corrected chi connectivity index (χ3v) is 4.72. The van der Waals surface area contributed by atoms with Crippen molar-refractivity contribution in [1.82, 2.24) is 14.5 Å². The number of rotatable bonds is 8. The molecular formula is C21H19N5O6. The number of carbonyl (C=O) groups excluding carboxylic acids is 3. The lowest BCUT2D eigenvalue weighted by Crippen LogP contribution is -2.29. The van der Waals surface area contributed by atoms with Crippen LogP contribution in [0.3, 0.4) is 0 Å². The number of anilines is 2. The number of hydrogen-bond acceptors (Lipinski definition) is 8. The van der Waals surface area contributed by atoms with Gasteiger partial charge in [-0.3, -0.25) is 19.2 Å². The van der Waals surface area contributed by atoms with Gasteiger partial charge in [0.1, 0.15) is 19.2 Å². The van der Waals surface area contributed by atoms with Crippen molar-refractivity contribution in [2.24, 2.45) is 0 Å². The fraction of sp³-hybridized carbons (Fsp3) is 0.190. The molecule has 0 radical (unpaired) electrons. The van der Waals surface area contributed by atoms with E-state index in [0.29, 0.717) is 16.8 Å². The molecule has 0 fully saturated rings.